The largest absolute Gasteiger partial charge is 0.497 e. The summed E-state index contributed by atoms with van der Waals surface area (Å²) in [5.41, 5.74) is 1.71. The number of barbiturate groups is 1. The number of urea groups is 1. The molecule has 0 bridgehead atoms. The van der Waals surface area contributed by atoms with Crippen LogP contribution in [0.2, 0.25) is 0 Å². The first-order chi connectivity index (χ1) is 12.4. The summed E-state index contributed by atoms with van der Waals surface area (Å²) >= 11 is 2.12. The van der Waals surface area contributed by atoms with Crippen LogP contribution in [0.15, 0.2) is 48.0 Å². The summed E-state index contributed by atoms with van der Waals surface area (Å²) in [7, 11) is 1.54. The highest BCUT2D eigenvalue weighted by molar-refractivity contribution is 14.1. The van der Waals surface area contributed by atoms with E-state index in [4.69, 9.17) is 4.74 Å². The third-order valence-electron chi connectivity index (χ3n) is 3.90. The molecule has 1 fully saturated rings. The van der Waals surface area contributed by atoms with E-state index in [-0.39, 0.29) is 5.57 Å². The van der Waals surface area contributed by atoms with Crippen molar-refractivity contribution in [2.45, 2.75) is 6.92 Å². The number of para-hydroxylation sites is 1. The number of imide groups is 2. The lowest BCUT2D eigenvalue weighted by Crippen LogP contribution is -2.54. The standard InChI is InChI=1S/C19H15IN2O4/c1-11-5-3-4-6-16(11)22-18(24)15(17(23)21-19(22)25)9-12-7-13(20)10-14(8-12)26-2/h3-10H,1-2H3,(H,21,23,25)/b15-9+. The van der Waals surface area contributed by atoms with E-state index in [0.29, 0.717) is 17.0 Å². The SMILES string of the molecule is COc1cc(I)cc(/C=C2\C(=O)NC(=O)N(c3ccccc3C)C2=O)c1. The number of hydrogen-bond donors (Lipinski definition) is 1. The van der Waals surface area contributed by atoms with Crippen LogP contribution in [0.4, 0.5) is 10.5 Å². The second-order valence-electron chi connectivity index (χ2n) is 5.67. The zero-order valence-electron chi connectivity index (χ0n) is 14.1. The molecule has 0 aromatic heterocycles. The summed E-state index contributed by atoms with van der Waals surface area (Å²) in [6, 6.07) is 11.6. The van der Waals surface area contributed by atoms with Crippen LogP contribution in [0.3, 0.4) is 0 Å². The van der Waals surface area contributed by atoms with Gasteiger partial charge >= 0.3 is 6.03 Å². The number of nitrogens with zero attached hydrogens (tertiary/aromatic N) is 1. The second kappa shape index (κ2) is 7.28. The molecule has 0 saturated carbocycles. The minimum atomic E-state index is -0.758. The number of carbonyl (C=O) groups is 3. The number of aryl methyl sites for hydroxylation is 1. The van der Waals surface area contributed by atoms with Crippen LogP contribution in [-0.2, 0) is 9.59 Å². The zero-order valence-corrected chi connectivity index (χ0v) is 16.2. The molecule has 6 nitrogen and oxygen atoms in total. The fourth-order valence-corrected chi connectivity index (χ4v) is 3.31. The number of rotatable bonds is 3. The Morgan fingerprint density at radius 3 is 2.54 bits per heavy atom. The molecule has 2 aromatic rings. The van der Waals surface area contributed by atoms with E-state index in [2.05, 4.69) is 27.9 Å². The van der Waals surface area contributed by atoms with Gasteiger partial charge in [-0.05, 0) is 71.0 Å². The Balaban J connectivity index is 2.06. The zero-order chi connectivity index (χ0) is 18.8. The second-order valence-corrected chi connectivity index (χ2v) is 6.91. The van der Waals surface area contributed by atoms with E-state index in [1.165, 1.54) is 6.08 Å². The van der Waals surface area contributed by atoms with E-state index in [9.17, 15) is 14.4 Å². The summed E-state index contributed by atoms with van der Waals surface area (Å²) in [6.07, 6.45) is 1.46. The number of nitrogens with one attached hydrogen (secondary N) is 1. The van der Waals surface area contributed by atoms with E-state index in [1.807, 2.05) is 18.2 Å². The van der Waals surface area contributed by atoms with Gasteiger partial charge in [0.1, 0.15) is 11.3 Å². The van der Waals surface area contributed by atoms with Crippen molar-refractivity contribution in [1.82, 2.24) is 5.32 Å². The molecule has 1 N–H and O–H groups in total. The molecule has 1 heterocycles. The molecule has 132 valence electrons. The Hall–Kier alpha value is -2.68. The summed E-state index contributed by atoms with van der Waals surface area (Å²) in [5, 5.41) is 2.22. The molecule has 1 aliphatic rings. The molecule has 0 radical (unpaired) electrons. The van der Waals surface area contributed by atoms with Crippen molar-refractivity contribution < 1.29 is 19.1 Å². The molecule has 3 rings (SSSR count). The van der Waals surface area contributed by atoms with Crippen LogP contribution in [0.5, 0.6) is 5.75 Å². The highest BCUT2D eigenvalue weighted by atomic mass is 127. The molecule has 4 amide bonds. The monoisotopic (exact) mass is 462 g/mol. The molecule has 7 heteroatoms. The fourth-order valence-electron chi connectivity index (χ4n) is 2.64. The van der Waals surface area contributed by atoms with Gasteiger partial charge in [-0.25, -0.2) is 9.69 Å². The average molecular weight is 462 g/mol. The van der Waals surface area contributed by atoms with Crippen LogP contribution < -0.4 is 15.0 Å². The molecule has 0 atom stereocenters. The highest BCUT2D eigenvalue weighted by Crippen LogP contribution is 2.26. The van der Waals surface area contributed by atoms with Crippen molar-refractivity contribution in [2.75, 3.05) is 12.0 Å². The number of anilines is 1. The number of carbonyl (C=O) groups excluding carboxylic acids is 3. The Kier molecular flexibility index (Phi) is 5.08. The van der Waals surface area contributed by atoms with Gasteiger partial charge in [-0.1, -0.05) is 18.2 Å². The van der Waals surface area contributed by atoms with Gasteiger partial charge < -0.3 is 4.74 Å². The van der Waals surface area contributed by atoms with Crippen LogP contribution >= 0.6 is 22.6 Å². The fraction of sp³-hybridized carbons (Fsp3) is 0.105. The number of hydrogen-bond acceptors (Lipinski definition) is 4. The Labute approximate surface area is 164 Å². The van der Waals surface area contributed by atoms with Gasteiger partial charge in [-0.2, -0.15) is 0 Å². The third kappa shape index (κ3) is 3.48. The Bertz CT molecular complexity index is 952. The van der Waals surface area contributed by atoms with Crippen molar-refractivity contribution in [3.05, 3.63) is 62.7 Å². The summed E-state index contributed by atoms with van der Waals surface area (Å²) in [6.45, 7) is 1.79. The van der Waals surface area contributed by atoms with Gasteiger partial charge in [-0.3, -0.25) is 14.9 Å². The lowest BCUT2D eigenvalue weighted by atomic mass is 10.1. The van der Waals surface area contributed by atoms with Crippen molar-refractivity contribution in [3.63, 3.8) is 0 Å². The van der Waals surface area contributed by atoms with Crippen molar-refractivity contribution in [1.29, 1.82) is 0 Å². The van der Waals surface area contributed by atoms with Gasteiger partial charge in [0.25, 0.3) is 11.8 Å². The molecule has 1 saturated heterocycles. The van der Waals surface area contributed by atoms with Gasteiger partial charge in [-0.15, -0.1) is 0 Å². The predicted octanol–water partition coefficient (Wildman–Crippen LogP) is 3.27. The molecule has 26 heavy (non-hydrogen) atoms. The maximum atomic E-state index is 12.9. The molecule has 2 aromatic carbocycles. The maximum Gasteiger partial charge on any atom is 0.335 e. The van der Waals surface area contributed by atoms with Crippen LogP contribution in [0.1, 0.15) is 11.1 Å². The van der Waals surface area contributed by atoms with Crippen LogP contribution in [0.25, 0.3) is 6.08 Å². The van der Waals surface area contributed by atoms with Crippen LogP contribution in [-0.4, -0.2) is 25.0 Å². The molecule has 0 spiro atoms. The third-order valence-corrected chi connectivity index (χ3v) is 4.52. The molecular weight excluding hydrogens is 447 g/mol. The normalized spacial score (nSPS) is 16.0. The number of methoxy groups -OCH3 is 1. The van der Waals surface area contributed by atoms with E-state index < -0.39 is 17.8 Å². The Morgan fingerprint density at radius 1 is 1.12 bits per heavy atom. The Morgan fingerprint density at radius 2 is 1.85 bits per heavy atom. The van der Waals surface area contributed by atoms with E-state index in [1.54, 1.807) is 38.3 Å². The first-order valence-corrected chi connectivity index (χ1v) is 8.80. The van der Waals surface area contributed by atoms with E-state index in [0.717, 1.165) is 14.0 Å². The van der Waals surface area contributed by atoms with Gasteiger partial charge in [0, 0.05) is 3.57 Å². The topological polar surface area (TPSA) is 75.7 Å². The lowest BCUT2D eigenvalue weighted by Gasteiger charge is -2.27. The van der Waals surface area contributed by atoms with Gasteiger partial charge in [0.05, 0.1) is 12.8 Å². The summed E-state index contributed by atoms with van der Waals surface area (Å²) in [5.74, 6) is -0.771. The average Bonchev–Trinajstić information content (AvgIpc) is 2.59. The maximum absolute atomic E-state index is 12.9. The number of amides is 4. The van der Waals surface area contributed by atoms with E-state index >= 15 is 0 Å². The van der Waals surface area contributed by atoms with Gasteiger partial charge in [0.15, 0.2) is 0 Å². The highest BCUT2D eigenvalue weighted by Gasteiger charge is 2.37. The molecular formula is C19H15IN2O4. The van der Waals surface area contributed by atoms with Crippen LogP contribution in [0, 0.1) is 10.5 Å². The number of benzene rings is 2. The minimum absolute atomic E-state index is 0.114. The minimum Gasteiger partial charge on any atom is -0.497 e. The number of halogens is 1. The van der Waals surface area contributed by atoms with Crippen molar-refractivity contribution in [2.24, 2.45) is 0 Å². The molecule has 1 aliphatic heterocycles. The first-order valence-electron chi connectivity index (χ1n) is 7.72. The predicted molar refractivity (Wildman–Crippen MR) is 106 cm³/mol. The molecule has 0 unspecified atom stereocenters. The molecule has 0 aliphatic carbocycles. The first kappa shape index (κ1) is 18.1. The lowest BCUT2D eigenvalue weighted by molar-refractivity contribution is -0.122. The quantitative estimate of drug-likeness (QED) is 0.432. The smallest absolute Gasteiger partial charge is 0.335 e. The van der Waals surface area contributed by atoms with Crippen molar-refractivity contribution in [3.8, 4) is 5.75 Å². The summed E-state index contributed by atoms with van der Waals surface area (Å²) in [4.78, 5) is 38.4. The van der Waals surface area contributed by atoms with Gasteiger partial charge in [0.2, 0.25) is 0 Å². The van der Waals surface area contributed by atoms with Crippen molar-refractivity contribution >= 4 is 52.2 Å². The number of ether oxygens (including phenoxy) is 1. The summed E-state index contributed by atoms with van der Waals surface area (Å²) < 4.78 is 6.11.